The summed E-state index contributed by atoms with van der Waals surface area (Å²) >= 11 is 0. The van der Waals surface area contributed by atoms with Crippen molar-refractivity contribution >= 4 is 22.7 Å². The minimum Gasteiger partial charge on any atom is -0.465 e. The van der Waals surface area contributed by atoms with E-state index >= 15 is 0 Å². The van der Waals surface area contributed by atoms with E-state index in [1.807, 2.05) is 6.07 Å². The molecule has 2 aromatic rings. The fourth-order valence-corrected chi connectivity index (χ4v) is 1.93. The molecule has 0 heterocycles. The van der Waals surface area contributed by atoms with Crippen molar-refractivity contribution in [3.8, 4) is 11.8 Å². The van der Waals surface area contributed by atoms with Gasteiger partial charge >= 0.3 is 11.9 Å². The van der Waals surface area contributed by atoms with Gasteiger partial charge in [-0.25, -0.2) is 0 Å². The molecule has 1 unspecified atom stereocenters. The lowest BCUT2D eigenvalue weighted by molar-refractivity contribution is -0.156. The zero-order valence-corrected chi connectivity index (χ0v) is 12.3. The maximum absolute atomic E-state index is 11.9. The van der Waals surface area contributed by atoms with Gasteiger partial charge in [0.25, 0.3) is 0 Å². The number of esters is 2. The van der Waals surface area contributed by atoms with Crippen LogP contribution in [-0.2, 0) is 14.3 Å². The van der Waals surface area contributed by atoms with E-state index < -0.39 is 17.9 Å². The summed E-state index contributed by atoms with van der Waals surface area (Å²) in [7, 11) is 0. The van der Waals surface area contributed by atoms with E-state index in [4.69, 9.17) is 14.7 Å². The first-order valence-corrected chi connectivity index (χ1v) is 6.87. The summed E-state index contributed by atoms with van der Waals surface area (Å²) in [5.74, 6) is -1.95. The number of rotatable bonds is 4. The molecule has 1 atom stereocenters. The van der Waals surface area contributed by atoms with Crippen molar-refractivity contribution in [2.24, 2.45) is 5.92 Å². The Hall–Kier alpha value is -2.87. The molecule has 0 amide bonds. The van der Waals surface area contributed by atoms with Crippen LogP contribution in [0.4, 0.5) is 0 Å². The molecule has 0 aliphatic rings. The minimum absolute atomic E-state index is 0.212. The molecule has 0 aliphatic heterocycles. The van der Waals surface area contributed by atoms with Gasteiger partial charge in [-0.1, -0.05) is 12.1 Å². The van der Waals surface area contributed by atoms with E-state index in [1.54, 1.807) is 37.3 Å². The number of carbonyl (C=O) groups excluding carboxylic acids is 2. The van der Waals surface area contributed by atoms with Gasteiger partial charge in [0, 0.05) is 0 Å². The standard InChI is InChI=1S/C17H15NO4/c1-3-21-16(19)11(2)17(20)22-15-7-6-13-5-4-12(10-18)8-14(13)9-15/h4-9,11H,3H2,1-2H3. The number of nitriles is 1. The Morgan fingerprint density at radius 2 is 1.86 bits per heavy atom. The first-order valence-electron chi connectivity index (χ1n) is 6.87. The van der Waals surface area contributed by atoms with E-state index in [0.29, 0.717) is 11.3 Å². The number of hydrogen-bond acceptors (Lipinski definition) is 5. The van der Waals surface area contributed by atoms with E-state index in [9.17, 15) is 9.59 Å². The molecular formula is C17H15NO4. The second kappa shape index (κ2) is 6.72. The van der Waals surface area contributed by atoms with Gasteiger partial charge in [0.05, 0.1) is 18.2 Å². The van der Waals surface area contributed by atoms with Crippen molar-refractivity contribution in [3.63, 3.8) is 0 Å². The van der Waals surface area contributed by atoms with Crippen molar-refractivity contribution in [2.75, 3.05) is 6.61 Å². The zero-order chi connectivity index (χ0) is 16.1. The predicted molar refractivity (Wildman–Crippen MR) is 80.1 cm³/mol. The Bertz CT molecular complexity index is 761. The molecule has 0 fully saturated rings. The molecule has 2 rings (SSSR count). The number of ether oxygens (including phenoxy) is 2. The van der Waals surface area contributed by atoms with Gasteiger partial charge in [-0.2, -0.15) is 5.26 Å². The molecule has 2 aromatic carbocycles. The molecular weight excluding hydrogens is 282 g/mol. The average Bonchev–Trinajstić information content (AvgIpc) is 2.53. The lowest BCUT2D eigenvalue weighted by atomic mass is 10.1. The summed E-state index contributed by atoms with van der Waals surface area (Å²) < 4.78 is 9.99. The van der Waals surface area contributed by atoms with Crippen LogP contribution in [0.25, 0.3) is 10.8 Å². The molecule has 5 heteroatoms. The number of carbonyl (C=O) groups is 2. The zero-order valence-electron chi connectivity index (χ0n) is 12.3. The molecule has 112 valence electrons. The molecule has 0 saturated heterocycles. The van der Waals surface area contributed by atoms with Crippen molar-refractivity contribution in [1.29, 1.82) is 5.26 Å². The summed E-state index contributed by atoms with van der Waals surface area (Å²) in [4.78, 5) is 23.4. The Morgan fingerprint density at radius 3 is 2.55 bits per heavy atom. The van der Waals surface area contributed by atoms with E-state index in [0.717, 1.165) is 10.8 Å². The summed E-state index contributed by atoms with van der Waals surface area (Å²) in [5.41, 5.74) is 0.524. The molecule has 0 bridgehead atoms. The van der Waals surface area contributed by atoms with Crippen LogP contribution >= 0.6 is 0 Å². The second-order valence-corrected chi connectivity index (χ2v) is 4.73. The Kier molecular flexibility index (Phi) is 4.74. The van der Waals surface area contributed by atoms with Gasteiger partial charge in [0.15, 0.2) is 5.92 Å². The number of benzene rings is 2. The molecule has 0 spiro atoms. The van der Waals surface area contributed by atoms with E-state index in [2.05, 4.69) is 6.07 Å². The molecule has 0 saturated carbocycles. The topological polar surface area (TPSA) is 76.4 Å². The number of nitrogens with zero attached hydrogens (tertiary/aromatic N) is 1. The highest BCUT2D eigenvalue weighted by atomic mass is 16.6. The Labute approximate surface area is 128 Å². The highest BCUT2D eigenvalue weighted by Gasteiger charge is 2.24. The smallest absolute Gasteiger partial charge is 0.325 e. The van der Waals surface area contributed by atoms with Crippen molar-refractivity contribution < 1.29 is 19.1 Å². The lowest BCUT2D eigenvalue weighted by Crippen LogP contribution is -2.27. The maximum Gasteiger partial charge on any atom is 0.325 e. The summed E-state index contributed by atoms with van der Waals surface area (Å²) in [6.45, 7) is 3.32. The fourth-order valence-electron chi connectivity index (χ4n) is 1.93. The highest BCUT2D eigenvalue weighted by molar-refractivity contribution is 5.95. The quantitative estimate of drug-likeness (QED) is 0.492. The highest BCUT2D eigenvalue weighted by Crippen LogP contribution is 2.22. The van der Waals surface area contributed by atoms with Crippen LogP contribution < -0.4 is 4.74 Å². The Balaban J connectivity index is 2.19. The summed E-state index contributed by atoms with van der Waals surface area (Å²) in [5, 5.41) is 10.6. The van der Waals surface area contributed by atoms with Gasteiger partial charge in [0.1, 0.15) is 5.75 Å². The first kappa shape index (κ1) is 15.5. The molecule has 0 aliphatic carbocycles. The Morgan fingerprint density at radius 1 is 1.14 bits per heavy atom. The molecule has 0 aromatic heterocycles. The number of fused-ring (bicyclic) bond motifs is 1. The molecule has 22 heavy (non-hydrogen) atoms. The van der Waals surface area contributed by atoms with Gasteiger partial charge in [-0.05, 0) is 48.9 Å². The largest absolute Gasteiger partial charge is 0.465 e. The summed E-state index contributed by atoms with van der Waals surface area (Å²) in [6, 6.07) is 12.4. The molecule has 0 radical (unpaired) electrons. The summed E-state index contributed by atoms with van der Waals surface area (Å²) in [6.07, 6.45) is 0. The van der Waals surface area contributed by atoms with Crippen molar-refractivity contribution in [1.82, 2.24) is 0 Å². The maximum atomic E-state index is 11.9. The lowest BCUT2D eigenvalue weighted by Gasteiger charge is -2.10. The monoisotopic (exact) mass is 297 g/mol. The van der Waals surface area contributed by atoms with Crippen LogP contribution in [0.2, 0.25) is 0 Å². The van der Waals surface area contributed by atoms with Gasteiger partial charge in [0.2, 0.25) is 0 Å². The van der Waals surface area contributed by atoms with Crippen LogP contribution in [0.1, 0.15) is 19.4 Å². The van der Waals surface area contributed by atoms with Crippen LogP contribution in [0.15, 0.2) is 36.4 Å². The minimum atomic E-state index is -0.985. The third-order valence-corrected chi connectivity index (χ3v) is 3.15. The van der Waals surface area contributed by atoms with Crippen molar-refractivity contribution in [2.45, 2.75) is 13.8 Å². The fraction of sp³-hybridized carbons (Fsp3) is 0.235. The molecule has 5 nitrogen and oxygen atoms in total. The third-order valence-electron chi connectivity index (χ3n) is 3.15. The van der Waals surface area contributed by atoms with Crippen LogP contribution in [0, 0.1) is 17.2 Å². The number of hydrogen-bond donors (Lipinski definition) is 0. The normalized spacial score (nSPS) is 11.5. The SMILES string of the molecule is CCOC(=O)C(C)C(=O)Oc1ccc2ccc(C#N)cc2c1. The second-order valence-electron chi connectivity index (χ2n) is 4.73. The van der Waals surface area contributed by atoms with E-state index in [1.165, 1.54) is 6.92 Å². The van der Waals surface area contributed by atoms with Crippen LogP contribution in [-0.4, -0.2) is 18.5 Å². The third kappa shape index (κ3) is 3.41. The van der Waals surface area contributed by atoms with Crippen molar-refractivity contribution in [3.05, 3.63) is 42.0 Å². The average molecular weight is 297 g/mol. The van der Waals surface area contributed by atoms with Crippen LogP contribution in [0.5, 0.6) is 5.75 Å². The van der Waals surface area contributed by atoms with Gasteiger partial charge in [-0.15, -0.1) is 0 Å². The van der Waals surface area contributed by atoms with E-state index in [-0.39, 0.29) is 6.61 Å². The van der Waals surface area contributed by atoms with Crippen LogP contribution in [0.3, 0.4) is 0 Å². The van der Waals surface area contributed by atoms with Gasteiger partial charge in [-0.3, -0.25) is 9.59 Å². The predicted octanol–water partition coefficient (Wildman–Crippen LogP) is 2.82. The molecule has 0 N–H and O–H groups in total. The van der Waals surface area contributed by atoms with Gasteiger partial charge < -0.3 is 9.47 Å². The first-order chi connectivity index (χ1) is 10.5.